The van der Waals surface area contributed by atoms with Gasteiger partial charge < -0.3 is 4.74 Å². The van der Waals surface area contributed by atoms with Crippen LogP contribution in [-0.2, 0) is 16.0 Å². The number of benzene rings is 1. The highest BCUT2D eigenvalue weighted by Gasteiger charge is 2.24. The molecule has 1 aromatic carbocycles. The van der Waals surface area contributed by atoms with Gasteiger partial charge in [0.25, 0.3) is 0 Å². The van der Waals surface area contributed by atoms with Crippen molar-refractivity contribution in [1.82, 2.24) is 0 Å². The third kappa shape index (κ3) is 6.60. The average molecular weight is 387 g/mol. The Bertz CT molecular complexity index is 718. The summed E-state index contributed by atoms with van der Waals surface area (Å²) < 4.78 is 60.0. The van der Waals surface area contributed by atoms with Gasteiger partial charge in [-0.1, -0.05) is 37.4 Å². The Hall–Kier alpha value is -2.54. The zero-order chi connectivity index (χ0) is 20.4. The maximum Gasteiger partial charge on any atom is 0.333 e. The lowest BCUT2D eigenvalue weighted by molar-refractivity contribution is -0.139. The summed E-state index contributed by atoms with van der Waals surface area (Å²) in [6.45, 7) is 5.34. The lowest BCUT2D eigenvalue weighted by Gasteiger charge is -2.09. The largest absolute Gasteiger partial charge is 0.462 e. The highest BCUT2D eigenvalue weighted by Crippen LogP contribution is 2.31. The maximum absolute atomic E-state index is 13.9. The van der Waals surface area contributed by atoms with Crippen LogP contribution in [0.3, 0.4) is 0 Å². The molecular formula is C18H21F4N3O2. The minimum Gasteiger partial charge on any atom is -0.462 e. The number of rotatable bonds is 11. The molecule has 0 amide bonds. The molecule has 0 unspecified atom stereocenters. The topological polar surface area (TPSA) is 75.1 Å². The van der Waals surface area contributed by atoms with Crippen LogP contribution in [0.2, 0.25) is 0 Å². The van der Waals surface area contributed by atoms with E-state index in [1.807, 2.05) is 0 Å². The third-order valence-corrected chi connectivity index (χ3v) is 3.88. The van der Waals surface area contributed by atoms with E-state index in [1.54, 1.807) is 6.92 Å². The summed E-state index contributed by atoms with van der Waals surface area (Å²) >= 11 is 0. The fourth-order valence-corrected chi connectivity index (χ4v) is 2.42. The Morgan fingerprint density at radius 2 is 1.52 bits per heavy atom. The van der Waals surface area contributed by atoms with Gasteiger partial charge in [0.1, 0.15) is 5.69 Å². The second-order valence-electron chi connectivity index (χ2n) is 6.06. The standard InChI is InChI=1S/C18H21F4N3O2/c1-11(2)18(26)27-10-8-6-4-3-5-7-9-12-13(19)15(21)17(24-25-23)16(22)14(12)20/h1,3-10H2,2H3. The smallest absolute Gasteiger partial charge is 0.333 e. The molecule has 0 bridgehead atoms. The number of ether oxygens (including phenoxy) is 1. The van der Waals surface area contributed by atoms with Crippen molar-refractivity contribution in [1.29, 1.82) is 0 Å². The predicted molar refractivity (Wildman–Crippen MR) is 92.3 cm³/mol. The summed E-state index contributed by atoms with van der Waals surface area (Å²) in [5.41, 5.74) is 6.55. The van der Waals surface area contributed by atoms with Crippen LogP contribution in [0.15, 0.2) is 17.3 Å². The first-order valence-electron chi connectivity index (χ1n) is 8.53. The molecule has 9 heteroatoms. The Kier molecular flexibility index (Phi) is 9.36. The molecule has 0 atom stereocenters. The van der Waals surface area contributed by atoms with Crippen molar-refractivity contribution in [3.05, 3.63) is 51.4 Å². The molecule has 27 heavy (non-hydrogen) atoms. The molecule has 0 radical (unpaired) electrons. The summed E-state index contributed by atoms with van der Waals surface area (Å²) in [4.78, 5) is 13.3. The van der Waals surface area contributed by atoms with Crippen LogP contribution < -0.4 is 0 Å². The number of carbonyl (C=O) groups is 1. The molecule has 0 spiro atoms. The van der Waals surface area contributed by atoms with Crippen molar-refractivity contribution in [2.24, 2.45) is 5.11 Å². The first-order valence-corrected chi connectivity index (χ1v) is 8.53. The molecule has 0 fully saturated rings. The van der Waals surface area contributed by atoms with Crippen LogP contribution in [0.25, 0.3) is 10.4 Å². The van der Waals surface area contributed by atoms with Gasteiger partial charge in [-0.15, -0.1) is 0 Å². The van der Waals surface area contributed by atoms with Crippen molar-refractivity contribution >= 4 is 11.7 Å². The molecule has 148 valence electrons. The monoisotopic (exact) mass is 387 g/mol. The zero-order valence-corrected chi connectivity index (χ0v) is 15.0. The van der Waals surface area contributed by atoms with Gasteiger partial charge in [0, 0.05) is 16.0 Å². The van der Waals surface area contributed by atoms with E-state index in [0.717, 1.165) is 19.3 Å². The number of esters is 1. The molecule has 0 heterocycles. The van der Waals surface area contributed by atoms with E-state index < -0.39 is 40.5 Å². The molecule has 0 aliphatic heterocycles. The molecule has 0 aliphatic carbocycles. The highest BCUT2D eigenvalue weighted by atomic mass is 19.2. The summed E-state index contributed by atoms with van der Waals surface area (Å²) in [5.74, 6) is -6.87. The molecule has 0 N–H and O–H groups in total. The second-order valence-corrected chi connectivity index (χ2v) is 6.06. The lowest BCUT2D eigenvalue weighted by atomic mass is 10.0. The quantitative estimate of drug-likeness (QED) is 0.0664. The van der Waals surface area contributed by atoms with E-state index >= 15 is 0 Å². The number of hydrogen-bond acceptors (Lipinski definition) is 3. The van der Waals surface area contributed by atoms with Crippen molar-refractivity contribution in [2.75, 3.05) is 6.61 Å². The van der Waals surface area contributed by atoms with Gasteiger partial charge in [0.05, 0.1) is 6.61 Å². The van der Waals surface area contributed by atoms with Crippen LogP contribution >= 0.6 is 0 Å². The van der Waals surface area contributed by atoms with E-state index in [4.69, 9.17) is 10.3 Å². The minimum absolute atomic E-state index is 0.168. The molecule has 1 rings (SSSR count). The number of azide groups is 1. The molecular weight excluding hydrogens is 366 g/mol. The molecule has 0 saturated heterocycles. The fraction of sp³-hybridized carbons (Fsp3) is 0.500. The van der Waals surface area contributed by atoms with Crippen LogP contribution in [0, 0.1) is 23.3 Å². The van der Waals surface area contributed by atoms with Crippen LogP contribution in [-0.4, -0.2) is 12.6 Å². The van der Waals surface area contributed by atoms with E-state index in [-0.39, 0.29) is 6.42 Å². The predicted octanol–water partition coefficient (Wildman–Crippen LogP) is 6.19. The Labute approximate surface area is 154 Å². The SMILES string of the molecule is C=C(C)C(=O)OCCCCCCCCc1c(F)c(F)c(N=[N+]=[N-])c(F)c1F. The van der Waals surface area contributed by atoms with Gasteiger partial charge in [0.2, 0.25) is 0 Å². The number of nitrogens with zero attached hydrogens (tertiary/aromatic N) is 3. The van der Waals surface area contributed by atoms with Gasteiger partial charge in [0.15, 0.2) is 23.3 Å². The van der Waals surface area contributed by atoms with Gasteiger partial charge >= 0.3 is 5.97 Å². The Morgan fingerprint density at radius 1 is 1.00 bits per heavy atom. The van der Waals surface area contributed by atoms with Gasteiger partial charge in [-0.05, 0) is 31.7 Å². The first-order chi connectivity index (χ1) is 12.8. The van der Waals surface area contributed by atoms with E-state index in [0.29, 0.717) is 31.4 Å². The van der Waals surface area contributed by atoms with Gasteiger partial charge in [-0.25, -0.2) is 22.4 Å². The maximum atomic E-state index is 13.9. The number of halogens is 4. The average Bonchev–Trinajstić information content (AvgIpc) is 2.64. The molecule has 0 saturated carbocycles. The first kappa shape index (κ1) is 22.5. The van der Waals surface area contributed by atoms with Crippen LogP contribution in [0.5, 0.6) is 0 Å². The summed E-state index contributed by atoms with van der Waals surface area (Å²) in [6.07, 6.45) is 3.89. The van der Waals surface area contributed by atoms with E-state index in [1.165, 1.54) is 0 Å². The number of hydrogen-bond donors (Lipinski definition) is 0. The van der Waals surface area contributed by atoms with Crippen molar-refractivity contribution in [2.45, 2.75) is 51.9 Å². The van der Waals surface area contributed by atoms with Gasteiger partial charge in [-0.2, -0.15) is 0 Å². The van der Waals surface area contributed by atoms with Crippen molar-refractivity contribution in [3.63, 3.8) is 0 Å². The molecule has 1 aromatic rings. The van der Waals surface area contributed by atoms with Crippen LogP contribution in [0.4, 0.5) is 23.2 Å². The summed E-state index contributed by atoms with van der Waals surface area (Å²) in [7, 11) is 0. The third-order valence-electron chi connectivity index (χ3n) is 3.88. The zero-order valence-electron chi connectivity index (χ0n) is 15.0. The number of unbranched alkanes of at least 4 members (excludes halogenated alkanes) is 5. The summed E-state index contributed by atoms with van der Waals surface area (Å²) in [6, 6.07) is 0. The van der Waals surface area contributed by atoms with E-state index in [9.17, 15) is 22.4 Å². The Morgan fingerprint density at radius 3 is 2.04 bits per heavy atom. The van der Waals surface area contributed by atoms with Crippen molar-refractivity contribution in [3.8, 4) is 0 Å². The van der Waals surface area contributed by atoms with Gasteiger partial charge in [-0.3, -0.25) is 0 Å². The molecule has 5 nitrogen and oxygen atoms in total. The molecule has 0 aromatic heterocycles. The highest BCUT2D eigenvalue weighted by molar-refractivity contribution is 5.86. The van der Waals surface area contributed by atoms with Crippen molar-refractivity contribution < 1.29 is 27.1 Å². The normalized spacial score (nSPS) is 10.4. The Balaban J connectivity index is 2.38. The summed E-state index contributed by atoms with van der Waals surface area (Å²) in [5, 5.41) is 2.65. The number of carbonyl (C=O) groups excluding carboxylic acids is 1. The minimum atomic E-state index is -1.69. The van der Waals surface area contributed by atoms with Crippen LogP contribution in [0.1, 0.15) is 51.0 Å². The molecule has 0 aliphatic rings. The second kappa shape index (κ2) is 11.2. The van der Waals surface area contributed by atoms with E-state index in [2.05, 4.69) is 16.6 Å². The lowest BCUT2D eigenvalue weighted by Crippen LogP contribution is -2.06. The fourth-order valence-electron chi connectivity index (χ4n) is 2.42.